The lowest BCUT2D eigenvalue weighted by Gasteiger charge is -2.10. The van der Waals surface area contributed by atoms with E-state index in [4.69, 9.17) is 11.5 Å². The number of pyridine rings is 1. The van der Waals surface area contributed by atoms with Gasteiger partial charge in [-0.3, -0.25) is 4.79 Å². The van der Waals surface area contributed by atoms with Gasteiger partial charge in [0.05, 0.1) is 5.56 Å². The number of nitrogens with two attached hydrogens (primary N) is 2. The number of hydrogen-bond acceptors (Lipinski definition) is 4. The predicted molar refractivity (Wildman–Crippen MR) is 63.0 cm³/mol. The third-order valence-corrected chi connectivity index (χ3v) is 3.16. The van der Waals surface area contributed by atoms with Gasteiger partial charge in [-0.1, -0.05) is 0 Å². The molecule has 1 saturated carbocycles. The zero-order valence-corrected chi connectivity index (χ0v) is 9.44. The molecule has 4 N–H and O–H groups in total. The van der Waals surface area contributed by atoms with Crippen molar-refractivity contribution in [3.05, 3.63) is 23.4 Å². The summed E-state index contributed by atoms with van der Waals surface area (Å²) in [6.45, 7) is 1.91. The Kier molecular flexibility index (Phi) is 2.92. The molecule has 2 atom stereocenters. The maximum atomic E-state index is 12.2. The van der Waals surface area contributed by atoms with Crippen molar-refractivity contribution >= 4 is 11.6 Å². The second kappa shape index (κ2) is 4.22. The lowest BCUT2D eigenvalue weighted by Crippen LogP contribution is -2.19. The highest BCUT2D eigenvalue weighted by Gasteiger charge is 2.29. The Hall–Kier alpha value is -1.42. The lowest BCUT2D eigenvalue weighted by atomic mass is 9.96. The molecule has 1 fully saturated rings. The number of hydrogen-bond donors (Lipinski definition) is 2. The number of nitrogen functional groups attached to an aromatic ring is 1. The summed E-state index contributed by atoms with van der Waals surface area (Å²) in [5.41, 5.74) is 13.1. The van der Waals surface area contributed by atoms with Crippen LogP contribution in [0.5, 0.6) is 0 Å². The zero-order valence-electron chi connectivity index (χ0n) is 9.44. The van der Waals surface area contributed by atoms with Gasteiger partial charge in [-0.05, 0) is 37.8 Å². The second-order valence-electron chi connectivity index (χ2n) is 4.58. The number of carbonyl (C=O) groups excluding carboxylic acids is 1. The minimum absolute atomic E-state index is 0.0286. The molecule has 0 aliphatic heterocycles. The summed E-state index contributed by atoms with van der Waals surface area (Å²) < 4.78 is 0. The number of aromatic nitrogens is 1. The van der Waals surface area contributed by atoms with Gasteiger partial charge in [-0.2, -0.15) is 0 Å². The fourth-order valence-electron chi connectivity index (χ4n) is 2.25. The van der Waals surface area contributed by atoms with Crippen LogP contribution in [0.3, 0.4) is 0 Å². The largest absolute Gasteiger partial charge is 0.383 e. The molecule has 0 amide bonds. The third-order valence-electron chi connectivity index (χ3n) is 3.16. The van der Waals surface area contributed by atoms with Crippen molar-refractivity contribution < 1.29 is 4.79 Å². The van der Waals surface area contributed by atoms with E-state index in [0.717, 1.165) is 24.8 Å². The molecule has 1 aromatic heterocycles. The van der Waals surface area contributed by atoms with Gasteiger partial charge in [0, 0.05) is 18.2 Å². The Labute approximate surface area is 95.0 Å². The smallest absolute Gasteiger partial charge is 0.169 e. The lowest BCUT2D eigenvalue weighted by molar-refractivity contribution is 0.0922. The Balaban J connectivity index is 2.23. The molecule has 0 aromatic carbocycles. The average Bonchev–Trinajstić information content (AvgIpc) is 2.67. The zero-order chi connectivity index (χ0) is 11.7. The predicted octanol–water partition coefficient (Wildman–Crippen LogP) is 1.28. The standard InChI is InChI=1S/C12H17N3O/c1-7-4-10(12(14)15-6-7)11(16)8-2-3-9(13)5-8/h4,6,8-9H,2-3,5,13H2,1H3,(H2,14,15). The van der Waals surface area contributed by atoms with Crippen LogP contribution in [0.4, 0.5) is 5.82 Å². The Bertz CT molecular complexity index is 417. The number of carbonyl (C=O) groups is 1. The first-order valence-corrected chi connectivity index (χ1v) is 5.60. The van der Waals surface area contributed by atoms with Crippen molar-refractivity contribution in [3.63, 3.8) is 0 Å². The van der Waals surface area contributed by atoms with Crippen molar-refractivity contribution in [2.75, 3.05) is 5.73 Å². The monoisotopic (exact) mass is 219 g/mol. The van der Waals surface area contributed by atoms with E-state index in [1.54, 1.807) is 6.20 Å². The van der Waals surface area contributed by atoms with Crippen LogP contribution in [0.2, 0.25) is 0 Å². The van der Waals surface area contributed by atoms with Crippen LogP contribution in [0.25, 0.3) is 0 Å². The second-order valence-corrected chi connectivity index (χ2v) is 4.58. The summed E-state index contributed by atoms with van der Waals surface area (Å²) in [4.78, 5) is 16.2. The number of rotatable bonds is 2. The maximum absolute atomic E-state index is 12.2. The molecular formula is C12H17N3O. The first kappa shape index (κ1) is 11.1. The molecule has 4 nitrogen and oxygen atoms in total. The average molecular weight is 219 g/mol. The van der Waals surface area contributed by atoms with Crippen LogP contribution < -0.4 is 11.5 Å². The molecule has 0 radical (unpaired) electrons. The minimum atomic E-state index is 0.0286. The quantitative estimate of drug-likeness (QED) is 0.734. The van der Waals surface area contributed by atoms with Gasteiger partial charge in [-0.15, -0.1) is 0 Å². The molecule has 1 aromatic rings. The molecule has 2 unspecified atom stereocenters. The first-order chi connectivity index (χ1) is 7.58. The number of aryl methyl sites for hydroxylation is 1. The summed E-state index contributed by atoms with van der Waals surface area (Å²) in [6, 6.07) is 1.97. The fourth-order valence-corrected chi connectivity index (χ4v) is 2.25. The number of ketones is 1. The molecule has 0 saturated heterocycles. The summed E-state index contributed by atoms with van der Waals surface area (Å²) in [6.07, 6.45) is 4.24. The van der Waals surface area contributed by atoms with Gasteiger partial charge in [-0.25, -0.2) is 4.98 Å². The number of Topliss-reactive ketones (excluding diaryl/α,β-unsaturated/α-hetero) is 1. The SMILES string of the molecule is Cc1cnc(N)c(C(=O)C2CCC(N)C2)c1. The van der Waals surface area contributed by atoms with Gasteiger partial charge in [0.1, 0.15) is 5.82 Å². The highest BCUT2D eigenvalue weighted by molar-refractivity contribution is 6.01. The van der Waals surface area contributed by atoms with E-state index in [1.807, 2.05) is 13.0 Å². The Morgan fingerprint density at radius 1 is 1.50 bits per heavy atom. The van der Waals surface area contributed by atoms with Gasteiger partial charge in [0.15, 0.2) is 5.78 Å². The van der Waals surface area contributed by atoms with E-state index in [0.29, 0.717) is 11.4 Å². The maximum Gasteiger partial charge on any atom is 0.169 e. The van der Waals surface area contributed by atoms with Crippen molar-refractivity contribution in [2.45, 2.75) is 32.2 Å². The van der Waals surface area contributed by atoms with Crippen molar-refractivity contribution in [3.8, 4) is 0 Å². The van der Waals surface area contributed by atoms with Crippen LogP contribution in [0, 0.1) is 12.8 Å². The van der Waals surface area contributed by atoms with E-state index >= 15 is 0 Å². The van der Waals surface area contributed by atoms with Crippen LogP contribution in [-0.4, -0.2) is 16.8 Å². The van der Waals surface area contributed by atoms with Crippen molar-refractivity contribution in [1.29, 1.82) is 0 Å². The normalized spacial score (nSPS) is 24.6. The summed E-state index contributed by atoms with van der Waals surface area (Å²) in [5.74, 6) is 0.457. The van der Waals surface area contributed by atoms with E-state index in [9.17, 15) is 4.79 Å². The van der Waals surface area contributed by atoms with E-state index < -0.39 is 0 Å². The summed E-state index contributed by atoms with van der Waals surface area (Å²) in [5, 5.41) is 0. The summed E-state index contributed by atoms with van der Waals surface area (Å²) in [7, 11) is 0. The van der Waals surface area contributed by atoms with Gasteiger partial charge >= 0.3 is 0 Å². The van der Waals surface area contributed by atoms with Crippen LogP contribution in [-0.2, 0) is 0 Å². The molecule has 1 aliphatic rings. The Morgan fingerprint density at radius 3 is 2.88 bits per heavy atom. The van der Waals surface area contributed by atoms with E-state index in [1.165, 1.54) is 0 Å². The fraction of sp³-hybridized carbons (Fsp3) is 0.500. The van der Waals surface area contributed by atoms with Crippen molar-refractivity contribution in [2.24, 2.45) is 11.7 Å². The number of nitrogens with zero attached hydrogens (tertiary/aromatic N) is 1. The molecule has 86 valence electrons. The molecule has 1 heterocycles. The molecule has 2 rings (SSSR count). The van der Waals surface area contributed by atoms with Crippen LogP contribution in [0.15, 0.2) is 12.3 Å². The van der Waals surface area contributed by atoms with Gasteiger partial charge in [0.2, 0.25) is 0 Å². The molecular weight excluding hydrogens is 202 g/mol. The van der Waals surface area contributed by atoms with E-state index in [2.05, 4.69) is 4.98 Å². The molecule has 1 aliphatic carbocycles. The molecule has 4 heteroatoms. The third kappa shape index (κ3) is 2.07. The minimum Gasteiger partial charge on any atom is -0.383 e. The molecule has 0 spiro atoms. The summed E-state index contributed by atoms with van der Waals surface area (Å²) >= 11 is 0. The topological polar surface area (TPSA) is 82.0 Å². The highest BCUT2D eigenvalue weighted by Crippen LogP contribution is 2.28. The molecule has 16 heavy (non-hydrogen) atoms. The molecule has 0 bridgehead atoms. The van der Waals surface area contributed by atoms with E-state index in [-0.39, 0.29) is 17.7 Å². The first-order valence-electron chi connectivity index (χ1n) is 5.60. The Morgan fingerprint density at radius 2 is 2.25 bits per heavy atom. The highest BCUT2D eigenvalue weighted by atomic mass is 16.1. The van der Waals surface area contributed by atoms with Crippen molar-refractivity contribution in [1.82, 2.24) is 4.98 Å². The van der Waals surface area contributed by atoms with Crippen LogP contribution >= 0.6 is 0 Å². The van der Waals surface area contributed by atoms with Gasteiger partial charge in [0.25, 0.3) is 0 Å². The number of anilines is 1. The van der Waals surface area contributed by atoms with Gasteiger partial charge < -0.3 is 11.5 Å². The van der Waals surface area contributed by atoms with Crippen LogP contribution in [0.1, 0.15) is 35.2 Å².